The van der Waals surface area contributed by atoms with Crippen molar-refractivity contribution in [1.29, 1.82) is 0 Å². The lowest BCUT2D eigenvalue weighted by Crippen LogP contribution is -2.31. The van der Waals surface area contributed by atoms with Crippen LogP contribution < -0.4 is 0 Å². The van der Waals surface area contributed by atoms with Gasteiger partial charge < -0.3 is 4.74 Å². The standard InChI is InChI=1S/C20H23NO5S2/c1-15-6-11-19(27-15)18(22)14-26-20(23)16-7-9-17(10-8-16)28(24,25)21-12-4-2-3-5-13-21/h6-11H,2-5,12-14H2,1H3. The maximum Gasteiger partial charge on any atom is 0.338 e. The third-order valence-corrected chi connectivity index (χ3v) is 7.60. The Morgan fingerprint density at radius 3 is 2.21 bits per heavy atom. The summed E-state index contributed by atoms with van der Waals surface area (Å²) in [4.78, 5) is 25.9. The summed E-state index contributed by atoms with van der Waals surface area (Å²) in [6, 6.07) is 9.23. The molecular formula is C20H23NO5S2. The predicted molar refractivity (Wildman–Crippen MR) is 107 cm³/mol. The van der Waals surface area contributed by atoms with Crippen LogP contribution in [0.2, 0.25) is 0 Å². The number of hydrogen-bond acceptors (Lipinski definition) is 6. The van der Waals surface area contributed by atoms with Crippen LogP contribution in [0.15, 0.2) is 41.3 Å². The molecule has 150 valence electrons. The first kappa shape index (κ1) is 20.7. The fourth-order valence-corrected chi connectivity index (χ4v) is 5.37. The van der Waals surface area contributed by atoms with Crippen LogP contribution in [-0.2, 0) is 14.8 Å². The zero-order valence-electron chi connectivity index (χ0n) is 15.7. The van der Waals surface area contributed by atoms with Crippen molar-refractivity contribution in [3.8, 4) is 0 Å². The summed E-state index contributed by atoms with van der Waals surface area (Å²) in [5.41, 5.74) is 0.213. The molecule has 8 heteroatoms. The van der Waals surface area contributed by atoms with Crippen LogP contribution in [0.1, 0.15) is 50.6 Å². The molecule has 2 heterocycles. The molecule has 1 aromatic heterocycles. The van der Waals surface area contributed by atoms with E-state index in [-0.39, 0.29) is 22.8 Å². The van der Waals surface area contributed by atoms with Crippen molar-refractivity contribution in [2.24, 2.45) is 0 Å². The zero-order valence-corrected chi connectivity index (χ0v) is 17.4. The Kier molecular flexibility index (Phi) is 6.64. The molecule has 3 rings (SSSR count). The first-order valence-corrected chi connectivity index (χ1v) is 11.5. The van der Waals surface area contributed by atoms with Crippen molar-refractivity contribution in [2.75, 3.05) is 19.7 Å². The number of nitrogens with zero attached hydrogens (tertiary/aromatic N) is 1. The van der Waals surface area contributed by atoms with Gasteiger partial charge in [-0.3, -0.25) is 4.79 Å². The molecule has 0 aliphatic carbocycles. The SMILES string of the molecule is Cc1ccc(C(=O)COC(=O)c2ccc(S(=O)(=O)N3CCCCCC3)cc2)s1. The number of aryl methyl sites for hydroxylation is 1. The van der Waals surface area contributed by atoms with Gasteiger partial charge in [-0.2, -0.15) is 4.31 Å². The second-order valence-corrected chi connectivity index (χ2v) is 9.98. The number of rotatable bonds is 6. The van der Waals surface area contributed by atoms with E-state index < -0.39 is 16.0 Å². The van der Waals surface area contributed by atoms with Crippen LogP contribution in [0.5, 0.6) is 0 Å². The van der Waals surface area contributed by atoms with Crippen LogP contribution in [-0.4, -0.2) is 44.2 Å². The molecule has 6 nitrogen and oxygen atoms in total. The van der Waals surface area contributed by atoms with Gasteiger partial charge in [-0.05, 0) is 56.2 Å². The average molecular weight is 422 g/mol. The number of carbonyl (C=O) groups excluding carboxylic acids is 2. The summed E-state index contributed by atoms with van der Waals surface area (Å²) in [7, 11) is -3.56. The highest BCUT2D eigenvalue weighted by atomic mass is 32.2. The lowest BCUT2D eigenvalue weighted by Gasteiger charge is -2.19. The van der Waals surface area contributed by atoms with Crippen molar-refractivity contribution in [3.05, 3.63) is 51.7 Å². The number of esters is 1. The molecule has 0 amide bonds. The number of hydrogen-bond donors (Lipinski definition) is 0. The largest absolute Gasteiger partial charge is 0.454 e. The summed E-state index contributed by atoms with van der Waals surface area (Å²) in [6.07, 6.45) is 3.81. The third kappa shape index (κ3) is 4.87. The highest BCUT2D eigenvalue weighted by Crippen LogP contribution is 2.21. The Morgan fingerprint density at radius 2 is 1.64 bits per heavy atom. The molecular weight excluding hydrogens is 398 g/mol. The molecule has 0 N–H and O–H groups in total. The Hall–Kier alpha value is -2.03. The number of ether oxygens (including phenoxy) is 1. The number of sulfonamides is 1. The normalized spacial score (nSPS) is 15.8. The van der Waals surface area contributed by atoms with E-state index >= 15 is 0 Å². The van der Waals surface area contributed by atoms with E-state index in [1.807, 2.05) is 13.0 Å². The number of thiophene rings is 1. The molecule has 0 spiro atoms. The van der Waals surface area contributed by atoms with Crippen LogP contribution >= 0.6 is 11.3 Å². The van der Waals surface area contributed by atoms with E-state index in [0.717, 1.165) is 30.6 Å². The fraction of sp³-hybridized carbons (Fsp3) is 0.400. The van der Waals surface area contributed by atoms with E-state index in [0.29, 0.717) is 18.0 Å². The number of benzene rings is 1. The van der Waals surface area contributed by atoms with E-state index in [2.05, 4.69) is 0 Å². The summed E-state index contributed by atoms with van der Waals surface area (Å²) < 4.78 is 32.1. The average Bonchev–Trinajstić information content (AvgIpc) is 2.94. The van der Waals surface area contributed by atoms with Gasteiger partial charge in [-0.1, -0.05) is 12.8 Å². The summed E-state index contributed by atoms with van der Waals surface area (Å²) in [5.74, 6) is -0.910. The number of carbonyl (C=O) groups is 2. The van der Waals surface area contributed by atoms with Gasteiger partial charge in [0.2, 0.25) is 15.8 Å². The monoisotopic (exact) mass is 421 g/mol. The molecule has 1 saturated heterocycles. The van der Waals surface area contributed by atoms with E-state index in [1.54, 1.807) is 6.07 Å². The van der Waals surface area contributed by atoms with Gasteiger partial charge in [0, 0.05) is 18.0 Å². The van der Waals surface area contributed by atoms with Crippen LogP contribution in [0, 0.1) is 6.92 Å². The highest BCUT2D eigenvalue weighted by Gasteiger charge is 2.25. The summed E-state index contributed by atoms with van der Waals surface area (Å²) in [5, 5.41) is 0. The topological polar surface area (TPSA) is 80.8 Å². The van der Waals surface area contributed by atoms with Gasteiger partial charge in [-0.15, -0.1) is 11.3 Å². The molecule has 0 saturated carbocycles. The minimum Gasteiger partial charge on any atom is -0.454 e. The van der Waals surface area contributed by atoms with Gasteiger partial charge >= 0.3 is 5.97 Å². The minimum atomic E-state index is -3.56. The lowest BCUT2D eigenvalue weighted by atomic mass is 10.2. The quantitative estimate of drug-likeness (QED) is 0.525. The molecule has 1 aliphatic heterocycles. The molecule has 28 heavy (non-hydrogen) atoms. The maximum absolute atomic E-state index is 12.8. The van der Waals surface area contributed by atoms with Gasteiger partial charge in [0.05, 0.1) is 15.3 Å². The summed E-state index contributed by atoms with van der Waals surface area (Å²) in [6.45, 7) is 2.61. The van der Waals surface area contributed by atoms with E-state index in [4.69, 9.17) is 4.74 Å². The second-order valence-electron chi connectivity index (χ2n) is 6.75. The molecule has 0 atom stereocenters. The molecule has 1 aliphatic rings. The van der Waals surface area contributed by atoms with Crippen molar-refractivity contribution >= 4 is 33.1 Å². The Labute approximate surface area is 169 Å². The number of ketones is 1. The van der Waals surface area contributed by atoms with E-state index in [9.17, 15) is 18.0 Å². The molecule has 1 fully saturated rings. The first-order valence-electron chi connectivity index (χ1n) is 9.25. The minimum absolute atomic E-state index is 0.163. The Morgan fingerprint density at radius 1 is 1.00 bits per heavy atom. The molecule has 2 aromatic rings. The van der Waals surface area contributed by atoms with Crippen LogP contribution in [0.25, 0.3) is 0 Å². The van der Waals surface area contributed by atoms with Gasteiger partial charge in [0.1, 0.15) is 0 Å². The summed E-state index contributed by atoms with van der Waals surface area (Å²) >= 11 is 1.35. The lowest BCUT2D eigenvalue weighted by molar-refractivity contribution is 0.0475. The van der Waals surface area contributed by atoms with E-state index in [1.165, 1.54) is 39.9 Å². The van der Waals surface area contributed by atoms with Crippen LogP contribution in [0.3, 0.4) is 0 Å². The van der Waals surface area contributed by atoms with Gasteiger partial charge in [-0.25, -0.2) is 13.2 Å². The smallest absolute Gasteiger partial charge is 0.338 e. The van der Waals surface area contributed by atoms with Crippen LogP contribution in [0.4, 0.5) is 0 Å². The Bertz CT molecular complexity index is 939. The van der Waals surface area contributed by atoms with Crippen molar-refractivity contribution in [3.63, 3.8) is 0 Å². The molecule has 0 radical (unpaired) electrons. The first-order chi connectivity index (χ1) is 13.4. The zero-order chi connectivity index (χ0) is 20.1. The van der Waals surface area contributed by atoms with Crippen molar-refractivity contribution < 1.29 is 22.7 Å². The highest BCUT2D eigenvalue weighted by molar-refractivity contribution is 7.89. The fourth-order valence-electron chi connectivity index (χ4n) is 3.06. The number of Topliss-reactive ketones (excluding diaryl/α,β-unsaturated/α-hetero) is 1. The Balaban J connectivity index is 1.63. The third-order valence-electron chi connectivity index (χ3n) is 4.64. The maximum atomic E-state index is 12.8. The second kappa shape index (κ2) is 8.98. The molecule has 1 aromatic carbocycles. The van der Waals surface area contributed by atoms with Gasteiger partial charge in [0.25, 0.3) is 0 Å². The van der Waals surface area contributed by atoms with Crippen molar-refractivity contribution in [2.45, 2.75) is 37.5 Å². The molecule has 0 bridgehead atoms. The van der Waals surface area contributed by atoms with Crippen molar-refractivity contribution in [1.82, 2.24) is 4.31 Å². The predicted octanol–water partition coefficient (Wildman–Crippen LogP) is 3.66. The van der Waals surface area contributed by atoms with Gasteiger partial charge in [0.15, 0.2) is 6.61 Å². The molecule has 0 unspecified atom stereocenters.